The summed E-state index contributed by atoms with van der Waals surface area (Å²) in [7, 11) is 0. The second-order valence-electron chi connectivity index (χ2n) is 12.7. The number of hydrogen-bond acceptors (Lipinski definition) is 6. The summed E-state index contributed by atoms with van der Waals surface area (Å²) in [6.07, 6.45) is -2.34. The van der Waals surface area contributed by atoms with Gasteiger partial charge in [0.25, 0.3) is 5.91 Å². The molecule has 0 saturated carbocycles. The van der Waals surface area contributed by atoms with Gasteiger partial charge in [-0.05, 0) is 67.1 Å². The fourth-order valence-corrected chi connectivity index (χ4v) is 5.93. The molecule has 11 nitrogen and oxygen atoms in total. The first-order valence-corrected chi connectivity index (χ1v) is 15.6. The highest BCUT2D eigenvalue weighted by Crippen LogP contribution is 2.37. The normalized spacial score (nSPS) is 14.5. The first kappa shape index (κ1) is 32.4. The van der Waals surface area contributed by atoms with Gasteiger partial charge in [-0.1, -0.05) is 38.4 Å². The molecule has 6 rings (SSSR count). The summed E-state index contributed by atoms with van der Waals surface area (Å²) >= 11 is 6.39. The molecule has 1 aliphatic heterocycles. The number of hydrogen-bond donors (Lipinski definition) is 2. The first-order valence-electron chi connectivity index (χ1n) is 15.2. The number of carbonyl (C=O) groups is 2. The van der Waals surface area contributed by atoms with E-state index in [4.69, 9.17) is 21.4 Å². The smallest absolute Gasteiger partial charge is 0.451 e. The molecule has 2 aromatic carbocycles. The molecule has 3 amide bonds. The Morgan fingerprint density at radius 3 is 2.49 bits per heavy atom. The number of carbonyl (C=O) groups excluding carboxylic acids is 2. The molecule has 0 bridgehead atoms. The van der Waals surface area contributed by atoms with Gasteiger partial charge in [0.05, 0.1) is 17.9 Å². The van der Waals surface area contributed by atoms with Crippen LogP contribution in [0.3, 0.4) is 0 Å². The molecule has 0 unspecified atom stereocenters. The van der Waals surface area contributed by atoms with Crippen molar-refractivity contribution in [3.05, 3.63) is 75.5 Å². The maximum absolute atomic E-state index is 13.3. The van der Waals surface area contributed by atoms with E-state index >= 15 is 0 Å². The van der Waals surface area contributed by atoms with E-state index in [0.717, 1.165) is 33.4 Å². The summed E-state index contributed by atoms with van der Waals surface area (Å²) < 4.78 is 48.1. The lowest BCUT2D eigenvalue weighted by Crippen LogP contribution is -2.41. The number of fused-ring (bicyclic) bond motifs is 2. The van der Waals surface area contributed by atoms with Gasteiger partial charge >= 0.3 is 12.2 Å². The van der Waals surface area contributed by atoms with E-state index in [1.807, 2.05) is 45.9 Å². The van der Waals surface area contributed by atoms with Crippen molar-refractivity contribution in [1.29, 1.82) is 0 Å². The summed E-state index contributed by atoms with van der Waals surface area (Å²) in [6, 6.07) is 10.4. The fourth-order valence-electron chi connectivity index (χ4n) is 5.75. The monoisotopic (exact) mass is 670 g/mol. The predicted molar refractivity (Wildman–Crippen MR) is 169 cm³/mol. The molecular formula is C32H34ClF3N8O3. The number of benzene rings is 2. The maximum Gasteiger partial charge on any atom is 0.451 e. The molecule has 1 aliphatic carbocycles. The zero-order valence-electron chi connectivity index (χ0n) is 26.3. The quantitative estimate of drug-likeness (QED) is 0.249. The summed E-state index contributed by atoms with van der Waals surface area (Å²) in [4.78, 5) is 27.7. The van der Waals surface area contributed by atoms with E-state index in [1.54, 1.807) is 22.9 Å². The van der Waals surface area contributed by atoms with E-state index in [0.29, 0.717) is 40.8 Å². The van der Waals surface area contributed by atoms with Crippen LogP contribution in [0.15, 0.2) is 36.4 Å². The molecule has 248 valence electrons. The van der Waals surface area contributed by atoms with Crippen LogP contribution in [0.1, 0.15) is 61.2 Å². The standard InChI is InChI=1S/C32H34ClF3N8O3/c1-18-8-9-19(14-22(18)33)44-26(15-25(41-44)31(2,3)4)38-30(46)37-23-10-11-24(21-7-5-6-20(21)23)47-17-28(45)42-12-13-43-27(16-42)39-40-29(43)32(34,35)36/h8-11,14-15H,5-7,12-13,16-17H2,1-4H3,(H2,37,38,46). The van der Waals surface area contributed by atoms with Crippen molar-refractivity contribution < 1.29 is 27.5 Å². The van der Waals surface area contributed by atoms with Crippen molar-refractivity contribution in [3.8, 4) is 11.4 Å². The average molecular weight is 671 g/mol. The number of anilines is 2. The number of nitrogens with one attached hydrogen (secondary N) is 2. The Morgan fingerprint density at radius 1 is 1.00 bits per heavy atom. The molecule has 0 fully saturated rings. The molecule has 4 aromatic rings. The number of nitrogens with zero attached hydrogens (tertiary/aromatic N) is 6. The molecule has 0 spiro atoms. The summed E-state index contributed by atoms with van der Waals surface area (Å²) in [6.45, 7) is 7.68. The lowest BCUT2D eigenvalue weighted by atomic mass is 9.92. The third-order valence-corrected chi connectivity index (χ3v) is 8.73. The van der Waals surface area contributed by atoms with Crippen molar-refractivity contribution in [1.82, 2.24) is 29.4 Å². The SMILES string of the molecule is Cc1ccc(-n2nc(C(C)(C)C)cc2NC(=O)Nc2ccc(OCC(=O)N3CCn4c(nnc4C(F)(F)F)C3)c3c2CCC3)cc1Cl. The summed E-state index contributed by atoms with van der Waals surface area (Å²) in [5, 5.41) is 18.1. The number of urea groups is 1. The van der Waals surface area contributed by atoms with E-state index in [2.05, 4.69) is 20.8 Å². The minimum absolute atomic E-state index is 0.0577. The second-order valence-corrected chi connectivity index (χ2v) is 13.1. The van der Waals surface area contributed by atoms with Crippen molar-refractivity contribution >= 4 is 35.0 Å². The van der Waals surface area contributed by atoms with Crippen molar-refractivity contribution in [2.45, 2.75) is 71.6 Å². The molecule has 47 heavy (non-hydrogen) atoms. The highest BCUT2D eigenvalue weighted by atomic mass is 35.5. The third-order valence-electron chi connectivity index (χ3n) is 8.32. The zero-order valence-corrected chi connectivity index (χ0v) is 27.1. The number of aryl methyl sites for hydroxylation is 1. The number of rotatable bonds is 6. The van der Waals surface area contributed by atoms with Gasteiger partial charge in [0.1, 0.15) is 11.6 Å². The van der Waals surface area contributed by atoms with Gasteiger partial charge in [-0.25, -0.2) is 9.48 Å². The van der Waals surface area contributed by atoms with E-state index in [1.165, 1.54) is 4.90 Å². The van der Waals surface area contributed by atoms with Crippen molar-refractivity contribution in [2.75, 3.05) is 23.8 Å². The zero-order chi connectivity index (χ0) is 33.7. The highest BCUT2D eigenvalue weighted by Gasteiger charge is 2.40. The second kappa shape index (κ2) is 12.2. The van der Waals surface area contributed by atoms with Gasteiger partial charge in [-0.2, -0.15) is 18.3 Å². The Balaban J connectivity index is 1.13. The topological polar surface area (TPSA) is 119 Å². The Labute approximate surface area is 274 Å². The first-order chi connectivity index (χ1) is 22.2. The van der Waals surface area contributed by atoms with E-state index in [-0.39, 0.29) is 43.4 Å². The molecule has 3 heterocycles. The minimum Gasteiger partial charge on any atom is -0.483 e. The Bertz CT molecular complexity index is 1860. The van der Waals surface area contributed by atoms with E-state index < -0.39 is 18.0 Å². The Kier molecular flexibility index (Phi) is 8.41. The van der Waals surface area contributed by atoms with Crippen LogP contribution >= 0.6 is 11.6 Å². The average Bonchev–Trinajstić information content (AvgIpc) is 3.76. The molecule has 2 N–H and O–H groups in total. The van der Waals surface area contributed by atoms with Gasteiger partial charge in [-0.3, -0.25) is 10.1 Å². The van der Waals surface area contributed by atoms with Crippen molar-refractivity contribution in [3.63, 3.8) is 0 Å². The fraction of sp³-hybridized carbons (Fsp3) is 0.406. The summed E-state index contributed by atoms with van der Waals surface area (Å²) in [5.74, 6) is -0.354. The largest absolute Gasteiger partial charge is 0.483 e. The van der Waals surface area contributed by atoms with Crippen LogP contribution in [0.25, 0.3) is 5.69 Å². The highest BCUT2D eigenvalue weighted by molar-refractivity contribution is 6.31. The van der Waals surface area contributed by atoms with Gasteiger partial charge in [0, 0.05) is 35.3 Å². The molecule has 0 saturated heterocycles. The lowest BCUT2D eigenvalue weighted by molar-refractivity contribution is -0.148. The molecular weight excluding hydrogens is 637 g/mol. The Morgan fingerprint density at radius 2 is 1.77 bits per heavy atom. The molecule has 0 atom stereocenters. The molecule has 0 radical (unpaired) electrons. The van der Waals surface area contributed by atoms with Crippen LogP contribution in [-0.4, -0.2) is 54.5 Å². The summed E-state index contributed by atoms with van der Waals surface area (Å²) in [5.41, 5.74) is 4.61. The van der Waals surface area contributed by atoms with Gasteiger partial charge < -0.3 is 19.5 Å². The number of halogens is 4. The number of alkyl halides is 3. The van der Waals surface area contributed by atoms with Crippen molar-refractivity contribution in [2.24, 2.45) is 0 Å². The number of ether oxygens (including phenoxy) is 1. The number of amides is 3. The van der Waals surface area contributed by atoms with Crippen LogP contribution < -0.4 is 15.4 Å². The maximum atomic E-state index is 13.3. The molecule has 15 heteroatoms. The van der Waals surface area contributed by atoms with Crippen LogP contribution in [0, 0.1) is 6.92 Å². The van der Waals surface area contributed by atoms with Gasteiger partial charge in [0.2, 0.25) is 5.82 Å². The van der Waals surface area contributed by atoms with Gasteiger partial charge in [0.15, 0.2) is 12.4 Å². The van der Waals surface area contributed by atoms with Crippen LogP contribution in [0.5, 0.6) is 5.75 Å². The van der Waals surface area contributed by atoms with Gasteiger partial charge in [-0.15, -0.1) is 10.2 Å². The third kappa shape index (κ3) is 6.64. The van der Waals surface area contributed by atoms with E-state index in [9.17, 15) is 22.8 Å². The van der Waals surface area contributed by atoms with Crippen LogP contribution in [-0.2, 0) is 42.3 Å². The molecule has 2 aliphatic rings. The number of aromatic nitrogens is 5. The van der Waals surface area contributed by atoms with Crippen LogP contribution in [0.2, 0.25) is 5.02 Å². The lowest BCUT2D eigenvalue weighted by Gasteiger charge is -2.28. The Hall–Kier alpha value is -4.59. The van der Waals surface area contributed by atoms with Crippen LogP contribution in [0.4, 0.5) is 29.5 Å². The predicted octanol–water partition coefficient (Wildman–Crippen LogP) is 6.30. The molecule has 2 aromatic heterocycles. The minimum atomic E-state index is -4.61.